The van der Waals surface area contributed by atoms with Crippen LogP contribution in [0.25, 0.3) is 0 Å². The SMILES string of the molecule is Nc1cc(Br)ccc1C(=O)NC(CC(=O)O)C(=O)O. The maximum atomic E-state index is 11.8. The van der Waals surface area contributed by atoms with E-state index < -0.39 is 30.3 Å². The van der Waals surface area contributed by atoms with Crippen molar-refractivity contribution < 1.29 is 24.6 Å². The molecule has 8 heteroatoms. The Hall–Kier alpha value is -2.09. The van der Waals surface area contributed by atoms with Crippen LogP contribution >= 0.6 is 15.9 Å². The van der Waals surface area contributed by atoms with Crippen LogP contribution in [-0.4, -0.2) is 34.1 Å². The van der Waals surface area contributed by atoms with Gasteiger partial charge in [0.1, 0.15) is 6.04 Å². The van der Waals surface area contributed by atoms with Gasteiger partial charge in [0, 0.05) is 10.2 Å². The molecule has 0 aromatic heterocycles. The number of anilines is 1. The first-order chi connectivity index (χ1) is 8.81. The van der Waals surface area contributed by atoms with Crippen LogP contribution in [-0.2, 0) is 9.59 Å². The number of benzene rings is 1. The summed E-state index contributed by atoms with van der Waals surface area (Å²) in [4.78, 5) is 33.1. The summed E-state index contributed by atoms with van der Waals surface area (Å²) in [6, 6.07) is 2.96. The maximum Gasteiger partial charge on any atom is 0.326 e. The zero-order valence-corrected chi connectivity index (χ0v) is 11.2. The first-order valence-electron chi connectivity index (χ1n) is 5.11. The summed E-state index contributed by atoms with van der Waals surface area (Å²) in [7, 11) is 0. The third kappa shape index (κ3) is 4.25. The van der Waals surface area contributed by atoms with Gasteiger partial charge < -0.3 is 21.3 Å². The molecule has 0 fully saturated rings. The standard InChI is InChI=1S/C11H11BrN2O5/c12-5-1-2-6(7(13)3-5)10(17)14-8(11(18)19)4-9(15)16/h1-3,8H,4,13H2,(H,14,17)(H,15,16)(H,18,19). The normalized spacial score (nSPS) is 11.6. The third-order valence-corrected chi connectivity index (χ3v) is 2.73. The molecule has 1 rings (SSSR count). The van der Waals surface area contributed by atoms with Crippen molar-refractivity contribution in [1.29, 1.82) is 0 Å². The lowest BCUT2D eigenvalue weighted by atomic mass is 10.1. The Morgan fingerprint density at radius 2 is 1.95 bits per heavy atom. The van der Waals surface area contributed by atoms with E-state index in [1.807, 2.05) is 0 Å². The largest absolute Gasteiger partial charge is 0.481 e. The minimum Gasteiger partial charge on any atom is -0.481 e. The molecule has 102 valence electrons. The van der Waals surface area contributed by atoms with Crippen LogP contribution in [0, 0.1) is 0 Å². The lowest BCUT2D eigenvalue weighted by Crippen LogP contribution is -2.42. The van der Waals surface area contributed by atoms with Crippen molar-refractivity contribution in [2.75, 3.05) is 5.73 Å². The Kier molecular flexibility index (Phi) is 4.87. The van der Waals surface area contributed by atoms with E-state index in [4.69, 9.17) is 15.9 Å². The highest BCUT2D eigenvalue weighted by molar-refractivity contribution is 9.10. The Balaban J connectivity index is 2.87. The number of carboxylic acids is 2. The number of hydrogen-bond donors (Lipinski definition) is 4. The van der Waals surface area contributed by atoms with Gasteiger partial charge in [-0.15, -0.1) is 0 Å². The van der Waals surface area contributed by atoms with Crippen molar-refractivity contribution in [1.82, 2.24) is 5.32 Å². The van der Waals surface area contributed by atoms with Crippen LogP contribution in [0.15, 0.2) is 22.7 Å². The Morgan fingerprint density at radius 1 is 1.32 bits per heavy atom. The number of nitrogens with one attached hydrogen (secondary N) is 1. The van der Waals surface area contributed by atoms with Crippen LogP contribution in [0.1, 0.15) is 16.8 Å². The molecule has 0 heterocycles. The van der Waals surface area contributed by atoms with E-state index in [-0.39, 0.29) is 11.3 Å². The van der Waals surface area contributed by atoms with E-state index >= 15 is 0 Å². The van der Waals surface area contributed by atoms with Gasteiger partial charge in [0.2, 0.25) is 0 Å². The monoisotopic (exact) mass is 330 g/mol. The van der Waals surface area contributed by atoms with Gasteiger partial charge in [0.15, 0.2) is 0 Å². The fourth-order valence-corrected chi connectivity index (χ4v) is 1.73. The lowest BCUT2D eigenvalue weighted by molar-refractivity contribution is -0.145. The van der Waals surface area contributed by atoms with Gasteiger partial charge in [-0.25, -0.2) is 4.79 Å². The summed E-state index contributed by atoms with van der Waals surface area (Å²) in [5.74, 6) is -3.48. The molecule has 0 aliphatic rings. The second-order valence-electron chi connectivity index (χ2n) is 3.69. The zero-order chi connectivity index (χ0) is 14.6. The van der Waals surface area contributed by atoms with Gasteiger partial charge in [0.25, 0.3) is 5.91 Å². The molecule has 1 amide bonds. The summed E-state index contributed by atoms with van der Waals surface area (Å²) in [6.07, 6.45) is -0.711. The van der Waals surface area contributed by atoms with Gasteiger partial charge >= 0.3 is 11.9 Å². The fourth-order valence-electron chi connectivity index (χ4n) is 1.35. The smallest absolute Gasteiger partial charge is 0.326 e. The van der Waals surface area contributed by atoms with E-state index in [9.17, 15) is 14.4 Å². The molecule has 1 aromatic carbocycles. The number of carbonyl (C=O) groups is 3. The predicted octanol–water partition coefficient (Wildman–Crippen LogP) is 0.689. The number of carbonyl (C=O) groups excluding carboxylic acids is 1. The number of rotatable bonds is 5. The van der Waals surface area contributed by atoms with Gasteiger partial charge in [-0.2, -0.15) is 0 Å². The highest BCUT2D eigenvalue weighted by Crippen LogP contribution is 2.18. The van der Waals surface area contributed by atoms with E-state index in [1.165, 1.54) is 12.1 Å². The molecular weight excluding hydrogens is 320 g/mol. The van der Waals surface area contributed by atoms with E-state index in [0.29, 0.717) is 4.47 Å². The Morgan fingerprint density at radius 3 is 2.42 bits per heavy atom. The summed E-state index contributed by atoms with van der Waals surface area (Å²) in [6.45, 7) is 0. The van der Waals surface area contributed by atoms with Gasteiger partial charge in [0.05, 0.1) is 12.0 Å². The van der Waals surface area contributed by atoms with Crippen LogP contribution in [0.3, 0.4) is 0 Å². The second kappa shape index (κ2) is 6.19. The third-order valence-electron chi connectivity index (χ3n) is 2.24. The average molecular weight is 331 g/mol. The summed E-state index contributed by atoms with van der Waals surface area (Å²) in [5.41, 5.74) is 5.86. The van der Waals surface area contributed by atoms with Gasteiger partial charge in [-0.05, 0) is 18.2 Å². The van der Waals surface area contributed by atoms with Crippen molar-refractivity contribution in [3.8, 4) is 0 Å². The molecule has 19 heavy (non-hydrogen) atoms. The molecule has 1 unspecified atom stereocenters. The van der Waals surface area contributed by atoms with Crippen molar-refractivity contribution in [2.45, 2.75) is 12.5 Å². The maximum absolute atomic E-state index is 11.8. The first kappa shape index (κ1) is 15.0. The van der Waals surface area contributed by atoms with Crippen LogP contribution in [0.5, 0.6) is 0 Å². The van der Waals surface area contributed by atoms with E-state index in [1.54, 1.807) is 6.07 Å². The molecule has 1 atom stereocenters. The molecule has 0 aliphatic carbocycles. The summed E-state index contributed by atoms with van der Waals surface area (Å²) in [5, 5.41) is 19.5. The zero-order valence-electron chi connectivity index (χ0n) is 9.59. The molecular formula is C11H11BrN2O5. The predicted molar refractivity (Wildman–Crippen MR) is 69.7 cm³/mol. The molecule has 1 aromatic rings. The van der Waals surface area contributed by atoms with Crippen molar-refractivity contribution in [3.63, 3.8) is 0 Å². The Labute approximate surface area is 116 Å². The number of nitrogen functional groups attached to an aromatic ring is 1. The molecule has 0 aliphatic heterocycles. The molecule has 7 nitrogen and oxygen atoms in total. The summed E-state index contributed by atoms with van der Waals surface area (Å²) < 4.78 is 0.668. The van der Waals surface area contributed by atoms with Crippen molar-refractivity contribution in [2.24, 2.45) is 0 Å². The number of nitrogens with two attached hydrogens (primary N) is 1. The second-order valence-corrected chi connectivity index (χ2v) is 4.61. The minimum atomic E-state index is -1.51. The molecule has 5 N–H and O–H groups in total. The number of hydrogen-bond acceptors (Lipinski definition) is 4. The molecule has 0 bridgehead atoms. The number of halogens is 1. The van der Waals surface area contributed by atoms with Crippen LogP contribution in [0.2, 0.25) is 0 Å². The average Bonchev–Trinajstić information content (AvgIpc) is 2.26. The Bertz CT molecular complexity index is 532. The van der Waals surface area contributed by atoms with Crippen LogP contribution in [0.4, 0.5) is 5.69 Å². The van der Waals surface area contributed by atoms with Gasteiger partial charge in [-0.3, -0.25) is 9.59 Å². The molecule has 0 saturated heterocycles. The van der Waals surface area contributed by atoms with Crippen molar-refractivity contribution >= 4 is 39.5 Å². The summed E-state index contributed by atoms with van der Waals surface area (Å²) >= 11 is 3.17. The quantitative estimate of drug-likeness (QED) is 0.587. The minimum absolute atomic E-state index is 0.0832. The van der Waals surface area contributed by atoms with E-state index in [2.05, 4.69) is 21.2 Å². The van der Waals surface area contributed by atoms with Crippen LogP contribution < -0.4 is 11.1 Å². The lowest BCUT2D eigenvalue weighted by Gasteiger charge is -2.13. The highest BCUT2D eigenvalue weighted by Gasteiger charge is 2.24. The number of carboxylic acid groups (broad SMARTS) is 2. The molecule has 0 saturated carbocycles. The number of aliphatic carboxylic acids is 2. The van der Waals surface area contributed by atoms with Gasteiger partial charge in [-0.1, -0.05) is 15.9 Å². The topological polar surface area (TPSA) is 130 Å². The van der Waals surface area contributed by atoms with E-state index in [0.717, 1.165) is 0 Å². The molecule has 0 spiro atoms. The first-order valence-corrected chi connectivity index (χ1v) is 5.91. The van der Waals surface area contributed by atoms with Crippen molar-refractivity contribution in [3.05, 3.63) is 28.2 Å². The fraction of sp³-hybridized carbons (Fsp3) is 0.182. The number of amides is 1. The molecule has 0 radical (unpaired) electrons. The highest BCUT2D eigenvalue weighted by atomic mass is 79.9.